The third-order valence-corrected chi connectivity index (χ3v) is 2.68. The van der Waals surface area contributed by atoms with E-state index < -0.39 is 0 Å². The minimum Gasteiger partial charge on any atom is -0.496 e. The van der Waals surface area contributed by atoms with Gasteiger partial charge in [-0.2, -0.15) is 0 Å². The summed E-state index contributed by atoms with van der Waals surface area (Å²) in [5.74, 6) is 1.08. The van der Waals surface area contributed by atoms with Crippen molar-refractivity contribution in [1.82, 2.24) is 5.16 Å². The smallest absolute Gasteiger partial charge is 0.229 e. The number of nitrogens with zero attached hydrogens (tertiary/aromatic N) is 1. The first-order valence-electron chi connectivity index (χ1n) is 4.26. The molecule has 5 heteroatoms. The number of anilines is 1. The first kappa shape index (κ1) is 10.0. The van der Waals surface area contributed by atoms with Gasteiger partial charge >= 0.3 is 0 Å². The van der Waals surface area contributed by atoms with Gasteiger partial charge in [0.15, 0.2) is 0 Å². The predicted molar refractivity (Wildman–Crippen MR) is 60.6 cm³/mol. The Morgan fingerprint density at radius 3 is 2.80 bits per heavy atom. The molecular weight excluding hydrogens is 260 g/mol. The number of halogens is 1. The zero-order chi connectivity index (χ0) is 10.8. The molecule has 2 aromatic rings. The second kappa shape index (κ2) is 3.94. The van der Waals surface area contributed by atoms with E-state index in [1.54, 1.807) is 13.3 Å². The maximum Gasteiger partial charge on any atom is 0.229 e. The highest BCUT2D eigenvalue weighted by Gasteiger charge is 2.09. The van der Waals surface area contributed by atoms with E-state index in [0.717, 1.165) is 21.3 Å². The summed E-state index contributed by atoms with van der Waals surface area (Å²) in [5, 5.41) is 3.62. The van der Waals surface area contributed by atoms with Gasteiger partial charge in [0, 0.05) is 0 Å². The summed E-state index contributed by atoms with van der Waals surface area (Å²) < 4.78 is 10.8. The molecule has 4 nitrogen and oxygen atoms in total. The molecule has 0 bridgehead atoms. The Balaban J connectivity index is 2.47. The summed E-state index contributed by atoms with van der Waals surface area (Å²) in [6.45, 7) is 0. The standard InChI is InChI=1S/C10H9BrN2O2/c1-14-9-3-2-6(4-8(9)11)7-5-13-15-10(7)12/h2-5H,12H2,1H3. The SMILES string of the molecule is COc1ccc(-c2cnoc2N)cc1Br. The van der Waals surface area contributed by atoms with Crippen LogP contribution in [0.25, 0.3) is 11.1 Å². The van der Waals surface area contributed by atoms with E-state index in [9.17, 15) is 0 Å². The van der Waals surface area contributed by atoms with E-state index in [0.29, 0.717) is 5.88 Å². The quantitative estimate of drug-likeness (QED) is 0.910. The number of nitrogen functional groups attached to an aromatic ring is 1. The summed E-state index contributed by atoms with van der Waals surface area (Å²) in [5.41, 5.74) is 7.33. The Bertz CT molecular complexity index is 482. The molecule has 2 N–H and O–H groups in total. The van der Waals surface area contributed by atoms with Crippen LogP contribution >= 0.6 is 15.9 Å². The fourth-order valence-electron chi connectivity index (χ4n) is 1.30. The monoisotopic (exact) mass is 268 g/mol. The maximum atomic E-state index is 5.62. The van der Waals surface area contributed by atoms with Crippen LogP contribution in [0.15, 0.2) is 33.4 Å². The van der Waals surface area contributed by atoms with Crippen molar-refractivity contribution in [3.63, 3.8) is 0 Å². The van der Waals surface area contributed by atoms with Gasteiger partial charge in [-0.1, -0.05) is 11.2 Å². The van der Waals surface area contributed by atoms with Gasteiger partial charge in [0.05, 0.1) is 23.3 Å². The molecule has 0 aliphatic heterocycles. The molecule has 2 rings (SSSR count). The molecule has 1 heterocycles. The lowest BCUT2D eigenvalue weighted by atomic mass is 10.1. The largest absolute Gasteiger partial charge is 0.496 e. The van der Waals surface area contributed by atoms with Crippen LogP contribution in [0.5, 0.6) is 5.75 Å². The Labute approximate surface area is 95.1 Å². The highest BCUT2D eigenvalue weighted by molar-refractivity contribution is 9.10. The summed E-state index contributed by atoms with van der Waals surface area (Å²) in [7, 11) is 1.62. The molecule has 0 saturated heterocycles. The van der Waals surface area contributed by atoms with Crippen molar-refractivity contribution in [2.75, 3.05) is 12.8 Å². The molecule has 0 saturated carbocycles. The fourth-order valence-corrected chi connectivity index (χ4v) is 1.84. The van der Waals surface area contributed by atoms with Crippen molar-refractivity contribution in [1.29, 1.82) is 0 Å². The molecule has 0 amide bonds. The van der Waals surface area contributed by atoms with Gasteiger partial charge < -0.3 is 15.0 Å². The van der Waals surface area contributed by atoms with E-state index >= 15 is 0 Å². The van der Waals surface area contributed by atoms with Gasteiger partial charge in [-0.25, -0.2) is 0 Å². The molecule has 0 unspecified atom stereocenters. The molecule has 0 atom stereocenters. The highest BCUT2D eigenvalue weighted by Crippen LogP contribution is 2.32. The number of ether oxygens (including phenoxy) is 1. The van der Waals surface area contributed by atoms with Crippen molar-refractivity contribution < 1.29 is 9.26 Å². The Morgan fingerprint density at radius 2 is 2.27 bits per heavy atom. The number of aromatic nitrogens is 1. The molecule has 15 heavy (non-hydrogen) atoms. The summed E-state index contributed by atoms with van der Waals surface area (Å²) >= 11 is 3.40. The average molecular weight is 269 g/mol. The van der Waals surface area contributed by atoms with Crippen molar-refractivity contribution in [3.05, 3.63) is 28.9 Å². The van der Waals surface area contributed by atoms with E-state index in [-0.39, 0.29) is 0 Å². The van der Waals surface area contributed by atoms with Crippen LogP contribution in [0.2, 0.25) is 0 Å². The van der Waals surface area contributed by atoms with Crippen LogP contribution in [0.1, 0.15) is 0 Å². The zero-order valence-corrected chi connectivity index (χ0v) is 9.61. The van der Waals surface area contributed by atoms with Gasteiger partial charge in [-0.3, -0.25) is 0 Å². The third kappa shape index (κ3) is 1.83. The third-order valence-electron chi connectivity index (χ3n) is 2.06. The Hall–Kier alpha value is -1.49. The molecule has 1 aromatic carbocycles. The van der Waals surface area contributed by atoms with E-state index in [4.69, 9.17) is 15.0 Å². The second-order valence-electron chi connectivity index (χ2n) is 2.95. The predicted octanol–water partition coefficient (Wildman–Crippen LogP) is 2.69. The van der Waals surface area contributed by atoms with Crippen molar-refractivity contribution in [2.45, 2.75) is 0 Å². The first-order valence-corrected chi connectivity index (χ1v) is 5.05. The topological polar surface area (TPSA) is 61.3 Å². The molecular formula is C10H9BrN2O2. The lowest BCUT2D eigenvalue weighted by molar-refractivity contribution is 0.412. The van der Waals surface area contributed by atoms with Crippen molar-refractivity contribution >= 4 is 21.8 Å². The highest BCUT2D eigenvalue weighted by atomic mass is 79.9. The normalized spacial score (nSPS) is 10.3. The number of hydrogen-bond donors (Lipinski definition) is 1. The summed E-state index contributed by atoms with van der Waals surface area (Å²) in [6, 6.07) is 5.65. The van der Waals surface area contributed by atoms with E-state index in [1.807, 2.05) is 18.2 Å². The zero-order valence-electron chi connectivity index (χ0n) is 8.03. The van der Waals surface area contributed by atoms with Crippen LogP contribution < -0.4 is 10.5 Å². The number of nitrogens with two attached hydrogens (primary N) is 1. The minimum atomic E-state index is 0.312. The van der Waals surface area contributed by atoms with E-state index in [1.165, 1.54) is 0 Å². The van der Waals surface area contributed by atoms with Gasteiger partial charge in [-0.05, 0) is 33.6 Å². The molecule has 1 aromatic heterocycles. The van der Waals surface area contributed by atoms with Gasteiger partial charge in [0.25, 0.3) is 0 Å². The van der Waals surface area contributed by atoms with Crippen molar-refractivity contribution in [3.8, 4) is 16.9 Å². The summed E-state index contributed by atoms with van der Waals surface area (Å²) in [4.78, 5) is 0. The van der Waals surface area contributed by atoms with Crippen LogP contribution in [-0.4, -0.2) is 12.3 Å². The van der Waals surface area contributed by atoms with E-state index in [2.05, 4.69) is 21.1 Å². The molecule has 0 aliphatic carbocycles. The second-order valence-corrected chi connectivity index (χ2v) is 3.81. The van der Waals surface area contributed by atoms with Gasteiger partial charge in [-0.15, -0.1) is 0 Å². The lowest BCUT2D eigenvalue weighted by Crippen LogP contribution is -1.87. The lowest BCUT2D eigenvalue weighted by Gasteiger charge is -2.04. The van der Waals surface area contributed by atoms with Crippen LogP contribution in [0, 0.1) is 0 Å². The fraction of sp³-hybridized carbons (Fsp3) is 0.100. The van der Waals surface area contributed by atoms with Crippen LogP contribution in [0.4, 0.5) is 5.88 Å². The maximum absolute atomic E-state index is 5.62. The number of hydrogen-bond acceptors (Lipinski definition) is 4. The number of rotatable bonds is 2. The number of benzene rings is 1. The van der Waals surface area contributed by atoms with Crippen LogP contribution in [0.3, 0.4) is 0 Å². The number of methoxy groups -OCH3 is 1. The molecule has 78 valence electrons. The van der Waals surface area contributed by atoms with Gasteiger partial charge in [0.2, 0.25) is 5.88 Å². The Morgan fingerprint density at radius 1 is 1.47 bits per heavy atom. The summed E-state index contributed by atoms with van der Waals surface area (Å²) in [6.07, 6.45) is 1.59. The molecule has 0 fully saturated rings. The molecule has 0 spiro atoms. The molecule has 0 aliphatic rings. The minimum absolute atomic E-state index is 0.312. The van der Waals surface area contributed by atoms with Crippen molar-refractivity contribution in [2.24, 2.45) is 0 Å². The first-order chi connectivity index (χ1) is 7.22. The average Bonchev–Trinajstić information content (AvgIpc) is 2.64. The molecule has 0 radical (unpaired) electrons. The van der Waals surface area contributed by atoms with Crippen LogP contribution in [-0.2, 0) is 0 Å². The van der Waals surface area contributed by atoms with Gasteiger partial charge in [0.1, 0.15) is 5.75 Å². The Kier molecular flexibility index (Phi) is 2.64.